The summed E-state index contributed by atoms with van der Waals surface area (Å²) in [6.45, 7) is 0.581. The Morgan fingerprint density at radius 1 is 1.33 bits per heavy atom. The summed E-state index contributed by atoms with van der Waals surface area (Å²) in [6, 6.07) is 4.72. The normalized spacial score (nSPS) is 13.8. The van der Waals surface area contributed by atoms with Gasteiger partial charge in [-0.1, -0.05) is 23.4 Å². The summed E-state index contributed by atoms with van der Waals surface area (Å²) in [5.41, 5.74) is 6.86. The largest absolute Gasteiger partial charge is 0.460 e. The van der Waals surface area contributed by atoms with Crippen LogP contribution in [0.5, 0.6) is 0 Å². The Bertz CT molecular complexity index is 1010. The van der Waals surface area contributed by atoms with Crippen molar-refractivity contribution in [2.24, 2.45) is 10.9 Å². The average Bonchev–Trinajstić information content (AvgIpc) is 2.76. The lowest BCUT2D eigenvalue weighted by molar-refractivity contribution is -0.143. The van der Waals surface area contributed by atoms with Gasteiger partial charge in [0.25, 0.3) is 0 Å². The van der Waals surface area contributed by atoms with E-state index < -0.39 is 17.9 Å². The molecule has 1 aliphatic heterocycles. The molecule has 2 heterocycles. The summed E-state index contributed by atoms with van der Waals surface area (Å²) in [4.78, 5) is 27.1. The molecule has 176 valence electrons. The number of oxime groups is 1. The predicted octanol–water partition coefficient (Wildman–Crippen LogP) is 0.588. The monoisotopic (exact) mass is 460 g/mol. The van der Waals surface area contributed by atoms with E-state index in [2.05, 4.69) is 15.1 Å². The molecule has 1 fully saturated rings. The molecule has 0 saturated carbocycles. The van der Waals surface area contributed by atoms with Gasteiger partial charge in [0.2, 0.25) is 5.95 Å². The molecule has 1 saturated heterocycles. The summed E-state index contributed by atoms with van der Waals surface area (Å²) in [5.74, 6) is -1.11. The van der Waals surface area contributed by atoms with E-state index in [0.717, 1.165) is 5.71 Å². The number of aromatic nitrogens is 2. The molecular formula is C21H25FN6O5. The third-order valence-electron chi connectivity index (χ3n) is 4.73. The van der Waals surface area contributed by atoms with Gasteiger partial charge in [-0.25, -0.2) is 14.4 Å². The fourth-order valence-electron chi connectivity index (χ4n) is 2.91. The van der Waals surface area contributed by atoms with Gasteiger partial charge in [0.05, 0.1) is 31.5 Å². The third-order valence-corrected chi connectivity index (χ3v) is 4.73. The quantitative estimate of drug-likeness (QED) is 0.123. The second kappa shape index (κ2) is 11.3. The van der Waals surface area contributed by atoms with Gasteiger partial charge in [-0.15, -0.1) is 0 Å². The number of carbonyl (C=O) groups excluding carboxylic acids is 1. The molecule has 5 N–H and O–H groups in total. The first-order valence-electron chi connectivity index (χ1n) is 10.2. The SMILES string of the molecule is N=C(N)CC(=O)OCc1cccc(-c2cnc(N3CC(=NOCCC(O)CO)C3)nc2)c1F. The number of hydrogen-bond acceptors (Lipinski definition) is 10. The van der Waals surface area contributed by atoms with Crippen molar-refractivity contribution in [3.63, 3.8) is 0 Å². The van der Waals surface area contributed by atoms with Gasteiger partial charge in [-0.05, 0) is 0 Å². The Kier molecular flexibility index (Phi) is 8.22. The van der Waals surface area contributed by atoms with Crippen molar-refractivity contribution in [2.75, 3.05) is 31.2 Å². The van der Waals surface area contributed by atoms with E-state index in [1.54, 1.807) is 12.1 Å². The maximum Gasteiger partial charge on any atom is 0.313 e. The minimum atomic E-state index is -0.817. The molecule has 0 spiro atoms. The van der Waals surface area contributed by atoms with Crippen LogP contribution in [0.4, 0.5) is 10.3 Å². The van der Waals surface area contributed by atoms with Crippen molar-refractivity contribution in [3.05, 3.63) is 42.0 Å². The Morgan fingerprint density at radius 3 is 2.73 bits per heavy atom. The predicted molar refractivity (Wildman–Crippen MR) is 117 cm³/mol. The van der Waals surface area contributed by atoms with Crippen LogP contribution >= 0.6 is 0 Å². The zero-order valence-electron chi connectivity index (χ0n) is 17.8. The molecule has 2 aromatic rings. The van der Waals surface area contributed by atoms with Crippen LogP contribution in [0.2, 0.25) is 0 Å². The van der Waals surface area contributed by atoms with Gasteiger partial charge in [0, 0.05) is 35.5 Å². The van der Waals surface area contributed by atoms with E-state index in [1.807, 2.05) is 4.90 Å². The number of nitrogens with zero attached hydrogens (tertiary/aromatic N) is 4. The molecule has 1 atom stereocenters. The third kappa shape index (κ3) is 6.67. The first kappa shape index (κ1) is 24.0. The van der Waals surface area contributed by atoms with Gasteiger partial charge in [0.1, 0.15) is 31.3 Å². The summed E-state index contributed by atoms with van der Waals surface area (Å²) < 4.78 is 19.9. The van der Waals surface area contributed by atoms with Crippen LogP contribution in [0.25, 0.3) is 11.1 Å². The van der Waals surface area contributed by atoms with Gasteiger partial charge < -0.3 is 30.4 Å². The lowest BCUT2D eigenvalue weighted by Crippen LogP contribution is -2.48. The van der Waals surface area contributed by atoms with E-state index in [4.69, 9.17) is 25.8 Å². The van der Waals surface area contributed by atoms with Crippen molar-refractivity contribution in [1.82, 2.24) is 9.97 Å². The second-order valence-corrected chi connectivity index (χ2v) is 7.38. The highest BCUT2D eigenvalue weighted by molar-refractivity contribution is 5.98. The molecule has 12 heteroatoms. The summed E-state index contributed by atoms with van der Waals surface area (Å²) in [7, 11) is 0. The molecule has 1 aliphatic rings. The number of aliphatic hydroxyl groups excluding tert-OH is 2. The van der Waals surface area contributed by atoms with E-state index in [9.17, 15) is 14.3 Å². The van der Waals surface area contributed by atoms with Crippen molar-refractivity contribution < 1.29 is 29.0 Å². The molecule has 1 aromatic heterocycles. The number of nitrogens with two attached hydrogens (primary N) is 1. The van der Waals surface area contributed by atoms with Crippen molar-refractivity contribution in [3.8, 4) is 11.1 Å². The molecule has 0 amide bonds. The number of aliphatic hydroxyl groups is 2. The Hall–Kier alpha value is -3.64. The van der Waals surface area contributed by atoms with Gasteiger partial charge in [0.15, 0.2) is 0 Å². The van der Waals surface area contributed by atoms with Gasteiger partial charge >= 0.3 is 5.97 Å². The van der Waals surface area contributed by atoms with Crippen LogP contribution in [0.3, 0.4) is 0 Å². The van der Waals surface area contributed by atoms with Crippen LogP contribution in [0.15, 0.2) is 35.7 Å². The van der Waals surface area contributed by atoms with Crippen LogP contribution in [-0.4, -0.2) is 70.1 Å². The number of esters is 1. The topological polar surface area (TPSA) is 167 Å². The lowest BCUT2D eigenvalue weighted by Gasteiger charge is -2.31. The minimum Gasteiger partial charge on any atom is -0.460 e. The molecule has 33 heavy (non-hydrogen) atoms. The average molecular weight is 460 g/mol. The van der Waals surface area contributed by atoms with E-state index >= 15 is 0 Å². The van der Waals surface area contributed by atoms with E-state index in [0.29, 0.717) is 31.0 Å². The molecule has 0 bridgehead atoms. The Morgan fingerprint density at radius 2 is 2.06 bits per heavy atom. The maximum absolute atomic E-state index is 14.9. The highest BCUT2D eigenvalue weighted by Gasteiger charge is 2.25. The standard InChI is InChI=1S/C21H25FN6O5/c22-20-13(12-32-19(31)6-18(23)24)2-1-3-17(20)14-7-25-21(26-8-14)28-9-15(10-28)27-33-5-4-16(30)11-29/h1-3,7-8,16,29-30H,4-6,9-12H2,(H3,23,24). The number of rotatable bonds is 11. The van der Waals surface area contributed by atoms with Crippen LogP contribution in [-0.2, 0) is 21.0 Å². The highest BCUT2D eigenvalue weighted by atomic mass is 19.1. The zero-order valence-corrected chi connectivity index (χ0v) is 17.8. The molecule has 11 nitrogen and oxygen atoms in total. The summed E-state index contributed by atoms with van der Waals surface area (Å²) in [6.07, 6.45) is 2.14. The van der Waals surface area contributed by atoms with Crippen LogP contribution in [0.1, 0.15) is 18.4 Å². The van der Waals surface area contributed by atoms with Crippen molar-refractivity contribution in [1.29, 1.82) is 5.41 Å². The first-order valence-corrected chi connectivity index (χ1v) is 10.2. The zero-order chi connectivity index (χ0) is 23.8. The number of amidine groups is 1. The van der Waals surface area contributed by atoms with Crippen LogP contribution < -0.4 is 10.6 Å². The molecule has 1 aromatic carbocycles. The Balaban J connectivity index is 1.55. The fraction of sp³-hybridized carbons (Fsp3) is 0.381. The smallest absolute Gasteiger partial charge is 0.313 e. The lowest BCUT2D eigenvalue weighted by atomic mass is 10.1. The molecule has 1 unspecified atom stereocenters. The van der Waals surface area contributed by atoms with Gasteiger partial charge in [-0.2, -0.15) is 0 Å². The number of anilines is 1. The maximum atomic E-state index is 14.9. The summed E-state index contributed by atoms with van der Waals surface area (Å²) in [5, 5.41) is 29.0. The number of hydrogen-bond donors (Lipinski definition) is 4. The number of ether oxygens (including phenoxy) is 1. The molecular weight excluding hydrogens is 435 g/mol. The number of nitrogens with one attached hydrogen (secondary N) is 1. The van der Waals surface area contributed by atoms with Crippen LogP contribution in [0, 0.1) is 11.2 Å². The second-order valence-electron chi connectivity index (χ2n) is 7.38. The molecule has 0 aliphatic carbocycles. The Labute approximate surface area is 189 Å². The fourth-order valence-corrected chi connectivity index (χ4v) is 2.91. The number of halogens is 1. The first-order chi connectivity index (χ1) is 15.9. The van der Waals surface area contributed by atoms with Crippen molar-refractivity contribution in [2.45, 2.75) is 25.6 Å². The minimum absolute atomic E-state index is 0.184. The summed E-state index contributed by atoms with van der Waals surface area (Å²) >= 11 is 0. The van der Waals surface area contributed by atoms with E-state index in [1.165, 1.54) is 18.5 Å². The number of carbonyl (C=O) groups is 1. The number of benzene rings is 1. The van der Waals surface area contributed by atoms with E-state index in [-0.39, 0.29) is 43.2 Å². The van der Waals surface area contributed by atoms with Crippen molar-refractivity contribution >= 4 is 23.5 Å². The molecule has 0 radical (unpaired) electrons. The van der Waals surface area contributed by atoms with Gasteiger partial charge in [-0.3, -0.25) is 10.2 Å². The molecule has 3 rings (SSSR count). The highest BCUT2D eigenvalue weighted by Crippen LogP contribution is 2.26.